The van der Waals surface area contributed by atoms with Gasteiger partial charge < -0.3 is 9.64 Å². The molecule has 1 aromatic carbocycles. The van der Waals surface area contributed by atoms with Gasteiger partial charge in [-0.05, 0) is 59.4 Å². The van der Waals surface area contributed by atoms with Gasteiger partial charge in [-0.1, -0.05) is 12.1 Å². The summed E-state index contributed by atoms with van der Waals surface area (Å²) in [6.07, 6.45) is -4.70. The summed E-state index contributed by atoms with van der Waals surface area (Å²) in [4.78, 5) is 16.4. The lowest BCUT2D eigenvalue weighted by Crippen LogP contribution is -2.50. The van der Waals surface area contributed by atoms with Crippen LogP contribution in [0.25, 0.3) is 0 Å². The van der Waals surface area contributed by atoms with Crippen molar-refractivity contribution in [2.24, 2.45) is 0 Å². The molecule has 25 heavy (non-hydrogen) atoms. The van der Waals surface area contributed by atoms with Crippen LogP contribution < -0.4 is 4.74 Å². The van der Waals surface area contributed by atoms with Crippen LogP contribution in [0.15, 0.2) is 24.3 Å². The third-order valence-corrected chi connectivity index (χ3v) is 3.97. The number of rotatable bonds is 7. The highest BCUT2D eigenvalue weighted by Crippen LogP contribution is 2.23. The largest absolute Gasteiger partial charge is 0.573 e. The maximum atomic E-state index is 12.7. The number of hydrogen-bond acceptors (Lipinski definition) is 3. The van der Waals surface area contributed by atoms with Gasteiger partial charge in [0.1, 0.15) is 5.75 Å². The number of nitrogens with zero attached hydrogens (tertiary/aromatic N) is 2. The number of hydrogen-bond donors (Lipinski definition) is 0. The van der Waals surface area contributed by atoms with Crippen LogP contribution in [0.4, 0.5) is 13.2 Å². The van der Waals surface area contributed by atoms with Gasteiger partial charge in [0, 0.05) is 18.6 Å². The summed E-state index contributed by atoms with van der Waals surface area (Å²) in [6, 6.07) is 5.55. The van der Waals surface area contributed by atoms with E-state index in [0.29, 0.717) is 6.54 Å². The first-order chi connectivity index (χ1) is 11.4. The molecule has 0 aliphatic heterocycles. The number of carbonyl (C=O) groups excluding carboxylic acids is 1. The van der Waals surface area contributed by atoms with Gasteiger partial charge in [-0.15, -0.1) is 13.2 Å². The molecule has 0 heterocycles. The first-order valence-corrected chi connectivity index (χ1v) is 8.29. The smallest absolute Gasteiger partial charge is 0.406 e. The normalized spacial score (nSPS) is 13.4. The van der Waals surface area contributed by atoms with Crippen molar-refractivity contribution in [3.8, 4) is 5.75 Å². The third kappa shape index (κ3) is 6.57. The summed E-state index contributed by atoms with van der Waals surface area (Å²) in [5, 5.41) is 0. The second kappa shape index (κ2) is 8.56. The average molecular weight is 360 g/mol. The number of alkyl halides is 3. The monoisotopic (exact) mass is 360 g/mol. The number of carbonyl (C=O) groups is 1. The van der Waals surface area contributed by atoms with E-state index in [1.165, 1.54) is 12.1 Å². The Morgan fingerprint density at radius 3 is 1.92 bits per heavy atom. The van der Waals surface area contributed by atoms with Gasteiger partial charge in [0.2, 0.25) is 5.91 Å². The number of amides is 1. The predicted molar refractivity (Wildman–Crippen MR) is 91.2 cm³/mol. The fourth-order valence-corrected chi connectivity index (χ4v) is 2.73. The standard InChI is InChI=1S/C18H27F3N2O2/c1-12(2)23(13(3)4)17(24)14(5)22(6)11-15-7-9-16(10-8-15)25-18(19,20)21/h7-10,12-14H,11H2,1-6H3/t14-/m1/s1. The second-order valence-electron chi connectivity index (χ2n) is 6.72. The van der Waals surface area contributed by atoms with Crippen molar-refractivity contribution in [1.29, 1.82) is 0 Å². The summed E-state index contributed by atoms with van der Waals surface area (Å²) < 4.78 is 40.4. The second-order valence-corrected chi connectivity index (χ2v) is 6.72. The van der Waals surface area contributed by atoms with Crippen LogP contribution >= 0.6 is 0 Å². The Hall–Kier alpha value is -1.76. The highest BCUT2D eigenvalue weighted by atomic mass is 19.4. The molecule has 142 valence electrons. The molecule has 0 aliphatic carbocycles. The van der Waals surface area contributed by atoms with Gasteiger partial charge in [-0.3, -0.25) is 9.69 Å². The Morgan fingerprint density at radius 1 is 1.04 bits per heavy atom. The zero-order chi connectivity index (χ0) is 19.4. The molecule has 0 radical (unpaired) electrons. The Balaban J connectivity index is 2.74. The average Bonchev–Trinajstić information content (AvgIpc) is 2.46. The van der Waals surface area contributed by atoms with Gasteiger partial charge in [0.05, 0.1) is 6.04 Å². The minimum Gasteiger partial charge on any atom is -0.406 e. The van der Waals surface area contributed by atoms with Crippen LogP contribution in [0.1, 0.15) is 40.2 Å². The molecule has 1 amide bonds. The van der Waals surface area contributed by atoms with E-state index in [9.17, 15) is 18.0 Å². The van der Waals surface area contributed by atoms with Gasteiger partial charge >= 0.3 is 6.36 Å². The zero-order valence-corrected chi connectivity index (χ0v) is 15.6. The first kappa shape index (κ1) is 21.3. The van der Waals surface area contributed by atoms with Crippen molar-refractivity contribution in [3.63, 3.8) is 0 Å². The summed E-state index contributed by atoms with van der Waals surface area (Å²) in [5.41, 5.74) is 0.803. The maximum absolute atomic E-state index is 12.7. The highest BCUT2D eigenvalue weighted by molar-refractivity contribution is 5.82. The van der Waals surface area contributed by atoms with Crippen molar-refractivity contribution in [2.75, 3.05) is 7.05 Å². The van der Waals surface area contributed by atoms with Gasteiger partial charge in [0.15, 0.2) is 0 Å². The highest BCUT2D eigenvalue weighted by Gasteiger charge is 2.31. The van der Waals surface area contributed by atoms with Crippen LogP contribution in [-0.2, 0) is 11.3 Å². The number of ether oxygens (including phenoxy) is 1. The molecule has 0 unspecified atom stereocenters. The molecule has 1 rings (SSSR count). The number of benzene rings is 1. The van der Waals surface area contributed by atoms with Crippen molar-refractivity contribution in [2.45, 2.75) is 65.7 Å². The predicted octanol–water partition coefficient (Wildman–Crippen LogP) is 4.05. The summed E-state index contributed by atoms with van der Waals surface area (Å²) in [5.74, 6) is -0.224. The molecule has 0 fully saturated rings. The molecule has 7 heteroatoms. The van der Waals surface area contributed by atoms with E-state index >= 15 is 0 Å². The molecule has 0 saturated carbocycles. The minimum atomic E-state index is -4.70. The van der Waals surface area contributed by atoms with Crippen molar-refractivity contribution in [1.82, 2.24) is 9.80 Å². The SMILES string of the molecule is CC(C)N(C(=O)[C@@H](C)N(C)Cc1ccc(OC(F)(F)F)cc1)C(C)C. The van der Waals surface area contributed by atoms with Crippen LogP contribution in [0.2, 0.25) is 0 Å². The van der Waals surface area contributed by atoms with E-state index in [1.807, 2.05) is 51.5 Å². The Morgan fingerprint density at radius 2 is 1.52 bits per heavy atom. The molecule has 0 N–H and O–H groups in total. The van der Waals surface area contributed by atoms with Gasteiger partial charge in [-0.25, -0.2) is 0 Å². The molecular weight excluding hydrogens is 333 g/mol. The molecule has 1 aromatic rings. The molecule has 0 bridgehead atoms. The van der Waals surface area contributed by atoms with Gasteiger partial charge in [0.25, 0.3) is 0 Å². The lowest BCUT2D eigenvalue weighted by atomic mass is 10.1. The van der Waals surface area contributed by atoms with E-state index in [1.54, 1.807) is 12.1 Å². The van der Waals surface area contributed by atoms with E-state index in [4.69, 9.17) is 0 Å². The van der Waals surface area contributed by atoms with Crippen molar-refractivity contribution in [3.05, 3.63) is 29.8 Å². The molecule has 0 aliphatic rings. The maximum Gasteiger partial charge on any atom is 0.573 e. The van der Waals surface area contributed by atoms with E-state index in [0.717, 1.165) is 5.56 Å². The lowest BCUT2D eigenvalue weighted by molar-refractivity contribution is -0.274. The first-order valence-electron chi connectivity index (χ1n) is 8.29. The summed E-state index contributed by atoms with van der Waals surface area (Å²) >= 11 is 0. The van der Waals surface area contributed by atoms with Crippen LogP contribution in [-0.4, -0.2) is 47.2 Å². The van der Waals surface area contributed by atoms with E-state index in [2.05, 4.69) is 4.74 Å². The lowest BCUT2D eigenvalue weighted by Gasteiger charge is -2.35. The molecular formula is C18H27F3N2O2. The molecule has 4 nitrogen and oxygen atoms in total. The van der Waals surface area contributed by atoms with Crippen molar-refractivity contribution >= 4 is 5.91 Å². The molecule has 0 aromatic heterocycles. The van der Waals surface area contributed by atoms with Crippen LogP contribution in [0.5, 0.6) is 5.75 Å². The third-order valence-electron chi connectivity index (χ3n) is 3.97. The Bertz CT molecular complexity index is 548. The Kier molecular flexibility index (Phi) is 7.29. The topological polar surface area (TPSA) is 32.8 Å². The zero-order valence-electron chi connectivity index (χ0n) is 15.6. The van der Waals surface area contributed by atoms with E-state index in [-0.39, 0.29) is 29.8 Å². The Labute approximate surface area is 147 Å². The quantitative estimate of drug-likeness (QED) is 0.735. The van der Waals surface area contributed by atoms with Crippen LogP contribution in [0.3, 0.4) is 0 Å². The van der Waals surface area contributed by atoms with E-state index < -0.39 is 6.36 Å². The minimum absolute atomic E-state index is 0.0320. The molecule has 0 saturated heterocycles. The van der Waals surface area contributed by atoms with Crippen LogP contribution in [0, 0.1) is 0 Å². The summed E-state index contributed by atoms with van der Waals surface area (Å²) in [7, 11) is 1.82. The van der Waals surface area contributed by atoms with Gasteiger partial charge in [-0.2, -0.15) is 0 Å². The number of halogens is 3. The number of likely N-dealkylation sites (N-methyl/N-ethyl adjacent to an activating group) is 1. The summed E-state index contributed by atoms with van der Waals surface area (Å²) in [6.45, 7) is 10.2. The molecule has 0 spiro atoms. The fraction of sp³-hybridized carbons (Fsp3) is 0.611. The molecule has 1 atom stereocenters. The van der Waals surface area contributed by atoms with Crippen molar-refractivity contribution < 1.29 is 22.7 Å². The fourth-order valence-electron chi connectivity index (χ4n) is 2.73.